The molecule has 1 fully saturated rings. The Morgan fingerprint density at radius 3 is 2.67 bits per heavy atom. The van der Waals surface area contributed by atoms with Gasteiger partial charge in [0.25, 0.3) is 5.88 Å². The molecule has 7 heteroatoms. The summed E-state index contributed by atoms with van der Waals surface area (Å²) in [6.45, 7) is 1.30. The van der Waals surface area contributed by atoms with Crippen LogP contribution in [0.4, 0.5) is 5.82 Å². The number of benzene rings is 1. The van der Waals surface area contributed by atoms with E-state index in [9.17, 15) is 4.79 Å². The highest BCUT2D eigenvalue weighted by Gasteiger charge is 2.28. The van der Waals surface area contributed by atoms with Gasteiger partial charge in [-0.25, -0.2) is 9.97 Å². The Bertz CT molecular complexity index is 764. The molecule has 1 aromatic carbocycles. The van der Waals surface area contributed by atoms with Crippen LogP contribution in [0.25, 0.3) is 0 Å². The van der Waals surface area contributed by atoms with Crippen LogP contribution in [0.15, 0.2) is 36.7 Å². The molecule has 0 saturated carbocycles. The lowest BCUT2D eigenvalue weighted by molar-refractivity contribution is -0.130. The summed E-state index contributed by atoms with van der Waals surface area (Å²) in [4.78, 5) is 24.9. The highest BCUT2D eigenvalue weighted by molar-refractivity contribution is 5.76. The minimum atomic E-state index is -0.0506. The third-order valence-electron chi connectivity index (χ3n) is 4.63. The fourth-order valence-corrected chi connectivity index (χ4v) is 3.12. The molecule has 1 amide bonds. The van der Waals surface area contributed by atoms with Gasteiger partial charge < -0.3 is 19.3 Å². The second kappa shape index (κ2) is 8.70. The van der Waals surface area contributed by atoms with Gasteiger partial charge in [0.15, 0.2) is 5.82 Å². The zero-order valence-electron chi connectivity index (χ0n) is 16.1. The van der Waals surface area contributed by atoms with Crippen molar-refractivity contribution in [2.45, 2.75) is 25.4 Å². The number of ether oxygens (including phenoxy) is 2. The van der Waals surface area contributed by atoms with Crippen molar-refractivity contribution in [1.29, 1.82) is 0 Å². The molecular formula is C20H26N4O3. The summed E-state index contributed by atoms with van der Waals surface area (Å²) in [5.74, 6) is 2.19. The van der Waals surface area contributed by atoms with Gasteiger partial charge in [0.1, 0.15) is 11.9 Å². The Kier molecular flexibility index (Phi) is 6.11. The number of hydrogen-bond acceptors (Lipinski definition) is 6. The van der Waals surface area contributed by atoms with Gasteiger partial charge in [-0.05, 0) is 24.1 Å². The Labute approximate surface area is 159 Å². The van der Waals surface area contributed by atoms with Crippen LogP contribution in [0.5, 0.6) is 11.6 Å². The van der Waals surface area contributed by atoms with Gasteiger partial charge in [-0.2, -0.15) is 0 Å². The van der Waals surface area contributed by atoms with Crippen LogP contribution in [0.1, 0.15) is 18.4 Å². The van der Waals surface area contributed by atoms with Crippen molar-refractivity contribution >= 4 is 11.7 Å². The van der Waals surface area contributed by atoms with Gasteiger partial charge in [0.05, 0.1) is 13.7 Å². The van der Waals surface area contributed by atoms with E-state index in [1.807, 2.05) is 48.2 Å². The molecule has 2 heterocycles. The molecule has 1 aliphatic rings. The lowest BCUT2D eigenvalue weighted by atomic mass is 10.1. The van der Waals surface area contributed by atoms with Crippen LogP contribution >= 0.6 is 0 Å². The fourth-order valence-electron chi connectivity index (χ4n) is 3.12. The molecule has 2 aromatic rings. The number of amides is 1. The van der Waals surface area contributed by atoms with Crippen molar-refractivity contribution in [3.63, 3.8) is 0 Å². The van der Waals surface area contributed by atoms with E-state index in [-0.39, 0.29) is 12.0 Å². The highest BCUT2D eigenvalue weighted by Crippen LogP contribution is 2.24. The second-order valence-electron chi connectivity index (χ2n) is 6.80. The number of nitrogens with zero attached hydrogens (tertiary/aromatic N) is 4. The number of anilines is 1. The molecule has 144 valence electrons. The number of carbonyl (C=O) groups excluding carboxylic acids is 1. The first-order valence-electron chi connectivity index (χ1n) is 9.12. The first kappa shape index (κ1) is 18.9. The summed E-state index contributed by atoms with van der Waals surface area (Å²) in [6, 6.07) is 7.84. The van der Waals surface area contributed by atoms with Crippen LogP contribution < -0.4 is 14.4 Å². The SMILES string of the molecule is COc1ccc(CCC(=O)N2CCC(Oc3nccnc3N(C)C)C2)cc1. The molecule has 1 atom stereocenters. The van der Waals surface area contributed by atoms with Crippen molar-refractivity contribution in [1.82, 2.24) is 14.9 Å². The van der Waals surface area contributed by atoms with Crippen molar-refractivity contribution < 1.29 is 14.3 Å². The number of aromatic nitrogens is 2. The topological polar surface area (TPSA) is 67.8 Å². The second-order valence-corrected chi connectivity index (χ2v) is 6.80. The van der Waals surface area contributed by atoms with Gasteiger partial charge in [-0.3, -0.25) is 4.79 Å². The Morgan fingerprint density at radius 2 is 1.96 bits per heavy atom. The van der Waals surface area contributed by atoms with Crippen LogP contribution in [-0.2, 0) is 11.2 Å². The maximum absolute atomic E-state index is 12.5. The summed E-state index contributed by atoms with van der Waals surface area (Å²) >= 11 is 0. The summed E-state index contributed by atoms with van der Waals surface area (Å²) in [6.07, 6.45) is 5.23. The lowest BCUT2D eigenvalue weighted by Gasteiger charge is -2.19. The number of hydrogen-bond donors (Lipinski definition) is 0. The van der Waals surface area contributed by atoms with E-state index in [0.29, 0.717) is 31.2 Å². The molecule has 0 N–H and O–H groups in total. The Morgan fingerprint density at radius 1 is 1.22 bits per heavy atom. The predicted octanol–water partition coefficient (Wildman–Crippen LogP) is 2.16. The number of aryl methyl sites for hydroxylation is 1. The van der Waals surface area contributed by atoms with E-state index in [2.05, 4.69) is 9.97 Å². The normalized spacial score (nSPS) is 16.3. The smallest absolute Gasteiger partial charge is 0.257 e. The number of carbonyl (C=O) groups is 1. The van der Waals surface area contributed by atoms with Gasteiger partial charge in [0.2, 0.25) is 5.91 Å². The van der Waals surface area contributed by atoms with E-state index < -0.39 is 0 Å². The fraction of sp³-hybridized carbons (Fsp3) is 0.450. The predicted molar refractivity (Wildman–Crippen MR) is 103 cm³/mol. The van der Waals surface area contributed by atoms with Crippen molar-refractivity contribution in [2.24, 2.45) is 0 Å². The highest BCUT2D eigenvalue weighted by atomic mass is 16.5. The van der Waals surface area contributed by atoms with E-state index in [4.69, 9.17) is 9.47 Å². The third kappa shape index (κ3) is 4.87. The summed E-state index contributed by atoms with van der Waals surface area (Å²) in [7, 11) is 5.45. The molecule has 0 bridgehead atoms. The Hall–Kier alpha value is -2.83. The van der Waals surface area contributed by atoms with Crippen molar-refractivity contribution in [3.8, 4) is 11.6 Å². The molecule has 0 spiro atoms. The summed E-state index contributed by atoms with van der Waals surface area (Å²) in [5, 5.41) is 0. The minimum Gasteiger partial charge on any atom is -0.497 e. The molecule has 1 aliphatic heterocycles. The summed E-state index contributed by atoms with van der Waals surface area (Å²) < 4.78 is 11.2. The quantitative estimate of drug-likeness (QED) is 0.744. The molecule has 7 nitrogen and oxygen atoms in total. The van der Waals surface area contributed by atoms with Crippen LogP contribution in [0.3, 0.4) is 0 Å². The zero-order valence-corrected chi connectivity index (χ0v) is 16.1. The van der Waals surface area contributed by atoms with Crippen LogP contribution in [0.2, 0.25) is 0 Å². The molecule has 3 rings (SSSR count). The van der Waals surface area contributed by atoms with Crippen molar-refractivity contribution in [3.05, 3.63) is 42.2 Å². The molecule has 27 heavy (non-hydrogen) atoms. The molecular weight excluding hydrogens is 344 g/mol. The molecule has 0 aliphatic carbocycles. The first-order valence-corrected chi connectivity index (χ1v) is 9.12. The van der Waals surface area contributed by atoms with E-state index in [1.54, 1.807) is 19.5 Å². The van der Waals surface area contributed by atoms with Crippen LogP contribution in [0, 0.1) is 0 Å². The zero-order chi connectivity index (χ0) is 19.2. The molecule has 1 aromatic heterocycles. The van der Waals surface area contributed by atoms with Gasteiger partial charge in [0, 0.05) is 45.9 Å². The maximum atomic E-state index is 12.5. The maximum Gasteiger partial charge on any atom is 0.257 e. The molecule has 0 radical (unpaired) electrons. The number of likely N-dealkylation sites (tertiary alicyclic amines) is 1. The molecule has 1 saturated heterocycles. The van der Waals surface area contributed by atoms with E-state index in [0.717, 1.165) is 24.2 Å². The van der Waals surface area contributed by atoms with Gasteiger partial charge in [-0.1, -0.05) is 12.1 Å². The largest absolute Gasteiger partial charge is 0.497 e. The van der Waals surface area contributed by atoms with E-state index in [1.165, 1.54) is 0 Å². The summed E-state index contributed by atoms with van der Waals surface area (Å²) in [5.41, 5.74) is 1.13. The third-order valence-corrected chi connectivity index (χ3v) is 4.63. The Balaban J connectivity index is 1.50. The lowest BCUT2D eigenvalue weighted by Crippen LogP contribution is -2.31. The average molecular weight is 370 g/mol. The van der Waals surface area contributed by atoms with Crippen LogP contribution in [-0.4, -0.2) is 61.2 Å². The standard InChI is InChI=1S/C20H26N4O3/c1-23(2)19-20(22-12-11-21-19)27-17-10-13-24(14-17)18(25)9-6-15-4-7-16(26-3)8-5-15/h4-5,7-8,11-12,17H,6,9-10,13-14H2,1-3H3. The van der Waals surface area contributed by atoms with Gasteiger partial charge in [-0.15, -0.1) is 0 Å². The average Bonchev–Trinajstić information content (AvgIpc) is 3.15. The first-order chi connectivity index (χ1) is 13.1. The van der Waals surface area contributed by atoms with Crippen molar-refractivity contribution in [2.75, 3.05) is 39.2 Å². The number of methoxy groups -OCH3 is 1. The number of rotatable bonds is 7. The van der Waals surface area contributed by atoms with Gasteiger partial charge >= 0.3 is 0 Å². The monoisotopic (exact) mass is 370 g/mol. The molecule has 1 unspecified atom stereocenters. The van der Waals surface area contributed by atoms with E-state index >= 15 is 0 Å². The minimum absolute atomic E-state index is 0.0506.